The van der Waals surface area contributed by atoms with Crippen LogP contribution in [0.15, 0.2) is 42.5 Å². The first-order chi connectivity index (χ1) is 10.5. The van der Waals surface area contributed by atoms with Crippen LogP contribution in [0, 0.1) is 5.92 Å². The minimum atomic E-state index is -0.901. The summed E-state index contributed by atoms with van der Waals surface area (Å²) in [5.41, 5.74) is 0.956. The van der Waals surface area contributed by atoms with Gasteiger partial charge in [-0.1, -0.05) is 49.4 Å². The van der Waals surface area contributed by atoms with Crippen molar-refractivity contribution in [1.29, 1.82) is 0 Å². The van der Waals surface area contributed by atoms with Crippen LogP contribution < -0.4 is 0 Å². The van der Waals surface area contributed by atoms with Gasteiger partial charge in [-0.05, 0) is 29.2 Å². The van der Waals surface area contributed by atoms with Gasteiger partial charge in [0.2, 0.25) is 0 Å². The molecule has 0 spiro atoms. The summed E-state index contributed by atoms with van der Waals surface area (Å²) in [6, 6.07) is 13.8. The Bertz CT molecular complexity index is 672. The van der Waals surface area contributed by atoms with Crippen LogP contribution in [0.25, 0.3) is 10.8 Å². The number of fused-ring (bicyclic) bond motifs is 1. The molecule has 0 amide bonds. The van der Waals surface area contributed by atoms with Gasteiger partial charge in [-0.2, -0.15) is 0 Å². The Balaban J connectivity index is 2.06. The lowest BCUT2D eigenvalue weighted by molar-refractivity contribution is -0.150. The van der Waals surface area contributed by atoms with Crippen LogP contribution in [-0.4, -0.2) is 17.0 Å². The van der Waals surface area contributed by atoms with Crippen LogP contribution >= 0.6 is 0 Å². The van der Waals surface area contributed by atoms with E-state index in [4.69, 9.17) is 9.84 Å². The molecular formula is C18H20O4. The molecule has 0 radical (unpaired) electrons. The number of hydrogen-bond donors (Lipinski definition) is 1. The lowest BCUT2D eigenvalue weighted by Crippen LogP contribution is -2.14. The molecule has 4 nitrogen and oxygen atoms in total. The summed E-state index contributed by atoms with van der Waals surface area (Å²) in [4.78, 5) is 22.6. The Labute approximate surface area is 129 Å². The molecule has 2 rings (SSSR count). The van der Waals surface area contributed by atoms with E-state index < -0.39 is 5.97 Å². The first-order valence-electron chi connectivity index (χ1n) is 7.36. The van der Waals surface area contributed by atoms with Crippen LogP contribution in [0.5, 0.6) is 0 Å². The quantitative estimate of drug-likeness (QED) is 0.821. The number of rotatable bonds is 6. The Morgan fingerprint density at radius 3 is 2.45 bits per heavy atom. The SMILES string of the molecule is C[C@H](CC(=O)O)CC(=O)O[C@H](C)c1cccc2ccccc12. The van der Waals surface area contributed by atoms with Crippen molar-refractivity contribution >= 4 is 22.7 Å². The average Bonchev–Trinajstić information content (AvgIpc) is 2.45. The molecule has 2 aromatic carbocycles. The first kappa shape index (κ1) is 16.0. The maximum atomic E-state index is 11.9. The summed E-state index contributed by atoms with van der Waals surface area (Å²) in [5.74, 6) is -1.50. The topological polar surface area (TPSA) is 63.6 Å². The minimum absolute atomic E-state index is 0.0300. The van der Waals surface area contributed by atoms with Gasteiger partial charge in [-0.15, -0.1) is 0 Å². The van der Waals surface area contributed by atoms with Crippen LogP contribution in [0.3, 0.4) is 0 Å². The van der Waals surface area contributed by atoms with E-state index in [1.807, 2.05) is 49.4 Å². The highest BCUT2D eigenvalue weighted by Crippen LogP contribution is 2.27. The standard InChI is InChI=1S/C18H20O4/c1-12(10-17(19)20)11-18(21)22-13(2)15-9-5-7-14-6-3-4-8-16(14)15/h3-9,12-13H,10-11H2,1-2H3,(H,19,20)/t12-,13-/m1/s1. The summed E-state index contributed by atoms with van der Waals surface area (Å²) in [6.07, 6.45) is -0.283. The minimum Gasteiger partial charge on any atom is -0.481 e. The Morgan fingerprint density at radius 2 is 1.73 bits per heavy atom. The first-order valence-corrected chi connectivity index (χ1v) is 7.36. The molecule has 0 aliphatic heterocycles. The lowest BCUT2D eigenvalue weighted by Gasteiger charge is -2.17. The number of aliphatic carboxylic acids is 1. The molecule has 0 saturated carbocycles. The van der Waals surface area contributed by atoms with E-state index in [1.54, 1.807) is 6.92 Å². The molecule has 1 N–H and O–H groups in total. The highest BCUT2D eigenvalue weighted by atomic mass is 16.5. The Hall–Kier alpha value is -2.36. The van der Waals surface area contributed by atoms with E-state index in [2.05, 4.69) is 0 Å². The number of carboxylic acid groups (broad SMARTS) is 1. The highest BCUT2D eigenvalue weighted by Gasteiger charge is 2.18. The fourth-order valence-corrected chi connectivity index (χ4v) is 2.57. The fraction of sp³-hybridized carbons (Fsp3) is 0.333. The Kier molecular flexibility index (Phi) is 5.15. The summed E-state index contributed by atoms with van der Waals surface area (Å²) >= 11 is 0. The van der Waals surface area contributed by atoms with Crippen LogP contribution in [-0.2, 0) is 14.3 Å². The monoisotopic (exact) mass is 300 g/mol. The molecular weight excluding hydrogens is 280 g/mol. The second-order valence-electron chi connectivity index (χ2n) is 5.61. The van der Waals surface area contributed by atoms with Gasteiger partial charge in [0, 0.05) is 12.8 Å². The van der Waals surface area contributed by atoms with Crippen LogP contribution in [0.1, 0.15) is 38.4 Å². The van der Waals surface area contributed by atoms with E-state index in [0.29, 0.717) is 0 Å². The highest BCUT2D eigenvalue weighted by molar-refractivity contribution is 5.86. The molecule has 4 heteroatoms. The van der Waals surface area contributed by atoms with Gasteiger partial charge in [0.1, 0.15) is 6.10 Å². The summed E-state index contributed by atoms with van der Waals surface area (Å²) < 4.78 is 5.46. The average molecular weight is 300 g/mol. The molecule has 0 saturated heterocycles. The largest absolute Gasteiger partial charge is 0.481 e. The zero-order chi connectivity index (χ0) is 16.1. The number of carboxylic acids is 1. The van der Waals surface area contributed by atoms with Gasteiger partial charge < -0.3 is 9.84 Å². The molecule has 116 valence electrons. The maximum absolute atomic E-state index is 11.9. The fourth-order valence-electron chi connectivity index (χ4n) is 2.57. The van der Waals surface area contributed by atoms with Crippen LogP contribution in [0.4, 0.5) is 0 Å². The van der Waals surface area contributed by atoms with Gasteiger partial charge in [0.25, 0.3) is 0 Å². The second-order valence-corrected chi connectivity index (χ2v) is 5.61. The van der Waals surface area contributed by atoms with Crippen molar-refractivity contribution in [2.24, 2.45) is 5.92 Å². The zero-order valence-electron chi connectivity index (χ0n) is 12.8. The van der Waals surface area contributed by atoms with Crippen molar-refractivity contribution in [3.63, 3.8) is 0 Å². The third-order valence-electron chi connectivity index (χ3n) is 3.61. The third-order valence-corrected chi connectivity index (χ3v) is 3.61. The Morgan fingerprint density at radius 1 is 1.05 bits per heavy atom. The summed E-state index contributed by atoms with van der Waals surface area (Å²) in [7, 11) is 0. The van der Waals surface area contributed by atoms with Gasteiger partial charge in [-0.25, -0.2) is 0 Å². The van der Waals surface area contributed by atoms with Crippen molar-refractivity contribution in [3.05, 3.63) is 48.0 Å². The predicted molar refractivity (Wildman–Crippen MR) is 84.5 cm³/mol. The normalized spacial score (nSPS) is 13.5. The number of ether oxygens (including phenoxy) is 1. The van der Waals surface area contributed by atoms with E-state index in [9.17, 15) is 9.59 Å². The molecule has 0 heterocycles. The number of carbonyl (C=O) groups is 2. The summed E-state index contributed by atoms with van der Waals surface area (Å²) in [6.45, 7) is 3.57. The smallest absolute Gasteiger partial charge is 0.306 e. The van der Waals surface area contributed by atoms with E-state index in [0.717, 1.165) is 16.3 Å². The number of benzene rings is 2. The van der Waals surface area contributed by atoms with Gasteiger partial charge in [0.15, 0.2) is 0 Å². The molecule has 0 fully saturated rings. The second kappa shape index (κ2) is 7.07. The molecule has 0 bridgehead atoms. The van der Waals surface area contributed by atoms with E-state index >= 15 is 0 Å². The van der Waals surface area contributed by atoms with Crippen molar-refractivity contribution in [1.82, 2.24) is 0 Å². The lowest BCUT2D eigenvalue weighted by atomic mass is 10.0. The number of esters is 1. The maximum Gasteiger partial charge on any atom is 0.306 e. The number of hydrogen-bond acceptors (Lipinski definition) is 3. The van der Waals surface area contributed by atoms with Crippen molar-refractivity contribution < 1.29 is 19.4 Å². The zero-order valence-corrected chi connectivity index (χ0v) is 12.8. The van der Waals surface area contributed by atoms with Crippen molar-refractivity contribution in [2.75, 3.05) is 0 Å². The molecule has 0 aromatic heterocycles. The van der Waals surface area contributed by atoms with Gasteiger partial charge >= 0.3 is 11.9 Å². The van der Waals surface area contributed by atoms with Gasteiger partial charge in [-0.3, -0.25) is 9.59 Å². The molecule has 0 aliphatic carbocycles. The molecule has 0 unspecified atom stereocenters. The van der Waals surface area contributed by atoms with E-state index in [-0.39, 0.29) is 30.8 Å². The van der Waals surface area contributed by atoms with Crippen molar-refractivity contribution in [2.45, 2.75) is 32.8 Å². The third kappa shape index (κ3) is 4.07. The molecule has 2 atom stereocenters. The predicted octanol–water partition coefficient (Wildman–Crippen LogP) is 3.94. The molecule has 0 aliphatic rings. The van der Waals surface area contributed by atoms with E-state index in [1.165, 1.54) is 0 Å². The summed E-state index contributed by atoms with van der Waals surface area (Å²) in [5, 5.41) is 10.9. The molecule has 22 heavy (non-hydrogen) atoms. The molecule has 2 aromatic rings. The van der Waals surface area contributed by atoms with Crippen LogP contribution in [0.2, 0.25) is 0 Å². The number of carbonyl (C=O) groups excluding carboxylic acids is 1. The van der Waals surface area contributed by atoms with Crippen molar-refractivity contribution in [3.8, 4) is 0 Å². The van der Waals surface area contributed by atoms with Gasteiger partial charge in [0.05, 0.1) is 0 Å².